The lowest BCUT2D eigenvalue weighted by Gasteiger charge is -2.35. The van der Waals surface area contributed by atoms with Crippen LogP contribution in [0.4, 0.5) is 0 Å². The van der Waals surface area contributed by atoms with E-state index in [2.05, 4.69) is 5.10 Å². The average Bonchev–Trinajstić information content (AvgIpc) is 3.28. The third-order valence-electron chi connectivity index (χ3n) is 5.82. The van der Waals surface area contributed by atoms with Gasteiger partial charge in [-0.15, -0.1) is 0 Å². The molecule has 1 saturated heterocycles. The summed E-state index contributed by atoms with van der Waals surface area (Å²) in [5, 5.41) is 4.38. The fourth-order valence-electron chi connectivity index (χ4n) is 4.05. The molecule has 2 aromatic carbocycles. The number of hydrogen-bond acceptors (Lipinski definition) is 4. The summed E-state index contributed by atoms with van der Waals surface area (Å²) in [6.07, 6.45) is 5.73. The lowest BCUT2D eigenvalue weighted by atomic mass is 10.0. The minimum absolute atomic E-state index is 0.187. The Morgan fingerprint density at radius 3 is 2.53 bits per heavy atom. The van der Waals surface area contributed by atoms with Gasteiger partial charge in [-0.1, -0.05) is 42.3 Å². The molecule has 1 aliphatic heterocycles. The van der Waals surface area contributed by atoms with E-state index in [1.807, 2.05) is 43.5 Å². The fraction of sp³-hybridized carbons (Fsp3) is 0.333. The van der Waals surface area contributed by atoms with E-state index >= 15 is 0 Å². The first-order valence-electron chi connectivity index (χ1n) is 10.8. The Hall–Kier alpha value is -2.97. The molecule has 0 saturated carbocycles. The third kappa shape index (κ3) is 4.61. The normalized spacial score (nSPS) is 17.2. The number of aryl methyl sites for hydroxylation is 1. The number of aromatic nitrogens is 2. The molecule has 2 heterocycles. The minimum atomic E-state index is -3.74. The first-order chi connectivity index (χ1) is 15.4. The quantitative estimate of drug-likeness (QED) is 0.575. The molecule has 1 atom stereocenters. The van der Waals surface area contributed by atoms with Crippen LogP contribution in [0.2, 0.25) is 0 Å². The van der Waals surface area contributed by atoms with Gasteiger partial charge in [-0.3, -0.25) is 4.79 Å². The summed E-state index contributed by atoms with van der Waals surface area (Å²) in [7, 11) is -2.03. The van der Waals surface area contributed by atoms with Crippen LogP contribution >= 0.6 is 0 Å². The van der Waals surface area contributed by atoms with Crippen molar-refractivity contribution in [3.8, 4) is 5.69 Å². The molecule has 7 nitrogen and oxygen atoms in total. The van der Waals surface area contributed by atoms with Gasteiger partial charge in [0.2, 0.25) is 15.9 Å². The number of benzene rings is 2. The monoisotopic (exact) mass is 452 g/mol. The number of carbonyl (C=O) groups is 1. The van der Waals surface area contributed by atoms with Gasteiger partial charge < -0.3 is 4.90 Å². The zero-order valence-electron chi connectivity index (χ0n) is 18.4. The molecular formula is C24H28N4O3S. The van der Waals surface area contributed by atoms with Gasteiger partial charge in [0.15, 0.2) is 0 Å². The van der Waals surface area contributed by atoms with Crippen LogP contribution in [-0.4, -0.2) is 52.9 Å². The van der Waals surface area contributed by atoms with E-state index in [4.69, 9.17) is 0 Å². The van der Waals surface area contributed by atoms with E-state index < -0.39 is 16.1 Å². The topological polar surface area (TPSA) is 75.5 Å². The van der Waals surface area contributed by atoms with Gasteiger partial charge in [0.05, 0.1) is 16.8 Å². The lowest BCUT2D eigenvalue weighted by Crippen LogP contribution is -2.51. The van der Waals surface area contributed by atoms with Gasteiger partial charge in [-0.05, 0) is 44.0 Å². The number of amides is 1. The Balaban J connectivity index is 1.50. The number of carbonyl (C=O) groups excluding carboxylic acids is 1. The van der Waals surface area contributed by atoms with Crippen molar-refractivity contribution in [3.05, 3.63) is 78.1 Å². The summed E-state index contributed by atoms with van der Waals surface area (Å²) in [5.74, 6) is -0.187. The van der Waals surface area contributed by atoms with Crippen LogP contribution in [0.1, 0.15) is 30.4 Å². The summed E-state index contributed by atoms with van der Waals surface area (Å²) in [6, 6.07) is 15.9. The number of para-hydroxylation sites is 1. The predicted molar refractivity (Wildman–Crippen MR) is 123 cm³/mol. The van der Waals surface area contributed by atoms with Crippen molar-refractivity contribution >= 4 is 15.9 Å². The van der Waals surface area contributed by atoms with E-state index in [-0.39, 0.29) is 10.8 Å². The molecule has 4 rings (SSSR count). The van der Waals surface area contributed by atoms with Crippen LogP contribution < -0.4 is 0 Å². The van der Waals surface area contributed by atoms with Gasteiger partial charge in [-0.2, -0.15) is 9.40 Å². The van der Waals surface area contributed by atoms with Crippen LogP contribution in [0.3, 0.4) is 0 Å². The third-order valence-corrected chi connectivity index (χ3v) is 7.74. The van der Waals surface area contributed by atoms with Crippen LogP contribution in [0, 0.1) is 6.92 Å². The molecular weight excluding hydrogens is 424 g/mol. The Kier molecular flexibility index (Phi) is 6.43. The summed E-state index contributed by atoms with van der Waals surface area (Å²) in [4.78, 5) is 15.1. The molecule has 1 aliphatic rings. The average molecular weight is 453 g/mol. The molecule has 1 amide bonds. The van der Waals surface area contributed by atoms with Crippen molar-refractivity contribution < 1.29 is 13.2 Å². The van der Waals surface area contributed by atoms with Crippen LogP contribution in [0.5, 0.6) is 0 Å². The molecule has 0 radical (unpaired) electrons. The molecule has 32 heavy (non-hydrogen) atoms. The molecule has 3 aromatic rings. The van der Waals surface area contributed by atoms with Crippen molar-refractivity contribution in [2.24, 2.45) is 0 Å². The van der Waals surface area contributed by atoms with Crippen molar-refractivity contribution in [2.45, 2.75) is 43.7 Å². The van der Waals surface area contributed by atoms with E-state index in [9.17, 15) is 13.2 Å². The van der Waals surface area contributed by atoms with Crippen LogP contribution in [0.15, 0.2) is 71.9 Å². The summed E-state index contributed by atoms with van der Waals surface area (Å²) >= 11 is 0. The predicted octanol–water partition coefficient (Wildman–Crippen LogP) is 3.38. The van der Waals surface area contributed by atoms with Gasteiger partial charge in [0.25, 0.3) is 0 Å². The second-order valence-corrected chi connectivity index (χ2v) is 10.2. The van der Waals surface area contributed by atoms with Crippen LogP contribution in [0.25, 0.3) is 5.69 Å². The van der Waals surface area contributed by atoms with E-state index in [1.54, 1.807) is 47.1 Å². The maximum absolute atomic E-state index is 13.3. The van der Waals surface area contributed by atoms with E-state index in [0.29, 0.717) is 19.5 Å². The first kappa shape index (κ1) is 22.2. The van der Waals surface area contributed by atoms with Gasteiger partial charge >= 0.3 is 0 Å². The number of nitrogens with zero attached hydrogens (tertiary/aromatic N) is 4. The fourth-order valence-corrected chi connectivity index (χ4v) is 5.71. The molecule has 1 fully saturated rings. The van der Waals surface area contributed by atoms with Crippen molar-refractivity contribution in [2.75, 3.05) is 13.6 Å². The SMILES string of the molecule is Cc1ccc(S(=O)(=O)N2CCCC[C@@H]2C(=O)N(C)Cc2cnn(-c3ccccc3)c2)cc1. The largest absolute Gasteiger partial charge is 0.340 e. The number of rotatable bonds is 6. The molecule has 0 bridgehead atoms. The van der Waals surface area contributed by atoms with Gasteiger partial charge in [0, 0.05) is 31.9 Å². The number of hydrogen-bond donors (Lipinski definition) is 0. The molecule has 0 spiro atoms. The number of sulfonamides is 1. The highest BCUT2D eigenvalue weighted by atomic mass is 32.2. The highest BCUT2D eigenvalue weighted by molar-refractivity contribution is 7.89. The molecule has 0 N–H and O–H groups in total. The molecule has 8 heteroatoms. The smallest absolute Gasteiger partial charge is 0.243 e. The Morgan fingerprint density at radius 2 is 1.81 bits per heavy atom. The Bertz CT molecular complexity index is 1170. The lowest BCUT2D eigenvalue weighted by molar-refractivity contribution is -0.135. The summed E-state index contributed by atoms with van der Waals surface area (Å²) in [6.45, 7) is 2.63. The maximum atomic E-state index is 13.3. The second kappa shape index (κ2) is 9.26. The molecule has 1 aromatic heterocycles. The zero-order valence-corrected chi connectivity index (χ0v) is 19.2. The highest BCUT2D eigenvalue weighted by Crippen LogP contribution is 2.27. The minimum Gasteiger partial charge on any atom is -0.340 e. The van der Waals surface area contributed by atoms with Crippen molar-refractivity contribution in [1.29, 1.82) is 0 Å². The zero-order chi connectivity index (χ0) is 22.7. The van der Waals surface area contributed by atoms with Gasteiger partial charge in [-0.25, -0.2) is 13.1 Å². The molecule has 168 valence electrons. The second-order valence-electron chi connectivity index (χ2n) is 8.26. The Labute approximate surface area is 189 Å². The van der Waals surface area contributed by atoms with Gasteiger partial charge in [0.1, 0.15) is 6.04 Å². The summed E-state index contributed by atoms with van der Waals surface area (Å²) < 4.78 is 29.7. The number of likely N-dealkylation sites (N-methyl/N-ethyl adjacent to an activating group) is 1. The standard InChI is InChI=1S/C24H28N4O3S/c1-19-11-13-22(14-12-19)32(30,31)28-15-7-6-10-23(28)24(29)26(2)17-20-16-25-27(18-20)21-8-4-3-5-9-21/h3-5,8-9,11-14,16,18,23H,6-7,10,15,17H2,1-2H3/t23-/m1/s1. The molecule has 0 aliphatic carbocycles. The van der Waals surface area contributed by atoms with Crippen molar-refractivity contribution in [1.82, 2.24) is 19.0 Å². The number of piperidine rings is 1. The van der Waals surface area contributed by atoms with Crippen molar-refractivity contribution in [3.63, 3.8) is 0 Å². The summed E-state index contributed by atoms with van der Waals surface area (Å²) in [5.41, 5.74) is 2.81. The first-order valence-corrected chi connectivity index (χ1v) is 12.2. The van der Waals surface area contributed by atoms with E-state index in [0.717, 1.165) is 29.7 Å². The Morgan fingerprint density at radius 1 is 1.09 bits per heavy atom. The highest BCUT2D eigenvalue weighted by Gasteiger charge is 2.38. The maximum Gasteiger partial charge on any atom is 0.243 e. The van der Waals surface area contributed by atoms with E-state index in [1.165, 1.54) is 4.31 Å². The van der Waals surface area contributed by atoms with Crippen LogP contribution in [-0.2, 0) is 21.4 Å². The molecule has 0 unspecified atom stereocenters.